The smallest absolute Gasteiger partial charge is 0.210 e. The lowest BCUT2D eigenvalue weighted by Crippen LogP contribution is -2.32. The molecule has 0 spiro atoms. The average Bonchev–Trinajstić information content (AvgIpc) is 2.85. The molecular weight excluding hydrogens is 440 g/mol. The van der Waals surface area contributed by atoms with E-state index in [1.807, 2.05) is 24.3 Å². The van der Waals surface area contributed by atoms with E-state index in [2.05, 4.69) is 79.1 Å². The van der Waals surface area contributed by atoms with E-state index in [0.29, 0.717) is 16.3 Å². The Bertz CT molecular complexity index is 1510. The van der Waals surface area contributed by atoms with E-state index in [-0.39, 0.29) is 5.41 Å². The summed E-state index contributed by atoms with van der Waals surface area (Å²) in [6.07, 6.45) is 0. The lowest BCUT2D eigenvalue weighted by molar-refractivity contribution is 0.594. The predicted octanol–water partition coefficient (Wildman–Crippen LogP) is 7.10. The number of sulfone groups is 1. The molecule has 0 aromatic heterocycles. The second-order valence-electron chi connectivity index (χ2n) is 9.33. The van der Waals surface area contributed by atoms with Crippen LogP contribution < -0.4 is 9.80 Å². The van der Waals surface area contributed by atoms with Gasteiger partial charge in [0.1, 0.15) is 0 Å². The average molecular weight is 467 g/mol. The van der Waals surface area contributed by atoms with Crippen LogP contribution in [0.2, 0.25) is 0 Å². The van der Waals surface area contributed by atoms with E-state index in [0.717, 1.165) is 28.4 Å². The fourth-order valence-electron chi connectivity index (χ4n) is 5.58. The highest BCUT2D eigenvalue weighted by Gasteiger charge is 2.40. The number of hydrogen-bond acceptors (Lipinski definition) is 4. The van der Waals surface area contributed by atoms with Gasteiger partial charge in [0.25, 0.3) is 0 Å². The van der Waals surface area contributed by atoms with Crippen molar-refractivity contribution >= 4 is 38.3 Å². The van der Waals surface area contributed by atoms with Crippen LogP contribution >= 0.6 is 0 Å². The fourth-order valence-corrected chi connectivity index (χ4v) is 7.26. The minimum Gasteiger partial charge on any atom is -0.338 e. The van der Waals surface area contributed by atoms with Crippen LogP contribution in [0.1, 0.15) is 31.9 Å². The van der Waals surface area contributed by atoms with Gasteiger partial charge >= 0.3 is 0 Å². The summed E-state index contributed by atoms with van der Waals surface area (Å²) in [7, 11) is -3.65. The largest absolute Gasteiger partial charge is 0.338 e. The third kappa shape index (κ3) is 2.67. The molecule has 2 aliphatic rings. The minimum absolute atomic E-state index is 0.179. The monoisotopic (exact) mass is 466 g/mol. The molecule has 0 radical (unpaired) electrons. The Balaban J connectivity index is 1.70. The summed E-state index contributed by atoms with van der Waals surface area (Å²) in [4.78, 5) is 5.08. The van der Waals surface area contributed by atoms with Crippen LogP contribution in [0.25, 0.3) is 0 Å². The normalized spacial score (nSPS) is 16.8. The third-order valence-electron chi connectivity index (χ3n) is 7.18. The number of benzene rings is 4. The second-order valence-corrected chi connectivity index (χ2v) is 11.2. The van der Waals surface area contributed by atoms with Gasteiger partial charge < -0.3 is 9.80 Å². The van der Waals surface area contributed by atoms with E-state index in [1.54, 1.807) is 18.2 Å². The van der Waals surface area contributed by atoms with Crippen molar-refractivity contribution in [1.29, 1.82) is 0 Å². The summed E-state index contributed by atoms with van der Waals surface area (Å²) in [5, 5.41) is 0. The van der Waals surface area contributed by atoms with Gasteiger partial charge in [-0.2, -0.15) is 0 Å². The Hall–Kier alpha value is -3.57. The number of rotatable bonds is 2. The molecule has 0 fully saturated rings. The zero-order valence-electron chi connectivity index (χ0n) is 19.5. The Morgan fingerprint density at radius 3 is 1.76 bits per heavy atom. The van der Waals surface area contributed by atoms with Crippen molar-refractivity contribution in [2.45, 2.75) is 36.0 Å². The Kier molecular flexibility index (Phi) is 4.45. The Labute approximate surface area is 201 Å². The standard InChI is InChI=1S/C29H26N2O2S/c1-4-30-24-16-9-10-18-26(24)34(32,33)27-19-11-17-25(28(27)30)31-22-14-7-5-12-20(22)29(2,3)21-13-6-8-15-23(21)31/h5-19H,4H2,1-3H3. The lowest BCUT2D eigenvalue weighted by atomic mass is 9.73. The molecule has 0 atom stereocenters. The topological polar surface area (TPSA) is 40.6 Å². The molecule has 0 N–H and O–H groups in total. The van der Waals surface area contributed by atoms with Gasteiger partial charge in [-0.15, -0.1) is 0 Å². The van der Waals surface area contributed by atoms with Crippen molar-refractivity contribution in [3.8, 4) is 0 Å². The maximum absolute atomic E-state index is 13.7. The molecule has 4 nitrogen and oxygen atoms in total. The molecule has 0 aliphatic carbocycles. The highest BCUT2D eigenvalue weighted by molar-refractivity contribution is 7.92. The second kappa shape index (κ2) is 7.21. The van der Waals surface area contributed by atoms with Crippen LogP contribution in [0.15, 0.2) is 101 Å². The van der Waals surface area contributed by atoms with E-state index < -0.39 is 9.84 Å². The molecule has 5 heteroatoms. The molecular formula is C29H26N2O2S. The molecule has 34 heavy (non-hydrogen) atoms. The first-order chi connectivity index (χ1) is 16.4. The van der Waals surface area contributed by atoms with Gasteiger partial charge in [-0.1, -0.05) is 68.4 Å². The summed E-state index contributed by atoms with van der Waals surface area (Å²) < 4.78 is 27.5. The van der Waals surface area contributed by atoms with Crippen LogP contribution in [0.4, 0.5) is 28.4 Å². The van der Waals surface area contributed by atoms with Crippen LogP contribution in [0.5, 0.6) is 0 Å². The van der Waals surface area contributed by atoms with Crippen molar-refractivity contribution in [1.82, 2.24) is 0 Å². The summed E-state index contributed by atoms with van der Waals surface area (Å²) in [6, 6.07) is 29.8. The molecule has 0 saturated carbocycles. The molecule has 2 heterocycles. The molecule has 6 rings (SSSR count). The highest BCUT2D eigenvalue weighted by atomic mass is 32.2. The third-order valence-corrected chi connectivity index (χ3v) is 9.01. The first-order valence-electron chi connectivity index (χ1n) is 11.6. The summed E-state index contributed by atoms with van der Waals surface area (Å²) in [5.41, 5.74) is 6.73. The Morgan fingerprint density at radius 2 is 1.15 bits per heavy atom. The number of anilines is 5. The SMILES string of the molecule is CCN1c2ccccc2S(=O)(=O)c2cccc(N3c4ccccc4C(C)(C)c4ccccc43)c21. The molecule has 170 valence electrons. The fraction of sp³-hybridized carbons (Fsp3) is 0.172. The first kappa shape index (κ1) is 21.0. The maximum atomic E-state index is 13.7. The van der Waals surface area contributed by atoms with Gasteiger partial charge in [0, 0.05) is 12.0 Å². The van der Waals surface area contributed by atoms with Gasteiger partial charge in [-0.3, -0.25) is 0 Å². The van der Waals surface area contributed by atoms with E-state index in [9.17, 15) is 8.42 Å². The van der Waals surface area contributed by atoms with Crippen LogP contribution in [0, 0.1) is 0 Å². The zero-order valence-corrected chi connectivity index (χ0v) is 20.3. The first-order valence-corrected chi connectivity index (χ1v) is 13.1. The van der Waals surface area contributed by atoms with E-state index in [4.69, 9.17) is 0 Å². The van der Waals surface area contributed by atoms with Crippen LogP contribution in [-0.4, -0.2) is 15.0 Å². The number of nitrogens with zero attached hydrogens (tertiary/aromatic N) is 2. The molecule has 0 unspecified atom stereocenters. The number of para-hydroxylation sites is 4. The van der Waals surface area contributed by atoms with Gasteiger partial charge in [0.15, 0.2) is 0 Å². The predicted molar refractivity (Wildman–Crippen MR) is 138 cm³/mol. The molecule has 4 aromatic rings. The van der Waals surface area contributed by atoms with Crippen LogP contribution in [0.3, 0.4) is 0 Å². The molecule has 0 saturated heterocycles. The number of hydrogen-bond donors (Lipinski definition) is 0. The van der Waals surface area contributed by atoms with Crippen molar-refractivity contribution < 1.29 is 8.42 Å². The Morgan fingerprint density at radius 1 is 0.647 bits per heavy atom. The van der Waals surface area contributed by atoms with Gasteiger partial charge in [-0.25, -0.2) is 8.42 Å². The van der Waals surface area contributed by atoms with E-state index in [1.165, 1.54) is 11.1 Å². The van der Waals surface area contributed by atoms with Crippen molar-refractivity contribution in [3.63, 3.8) is 0 Å². The summed E-state index contributed by atoms with van der Waals surface area (Å²) in [5.74, 6) is 0. The number of fused-ring (bicyclic) bond motifs is 4. The van der Waals surface area contributed by atoms with Gasteiger partial charge in [0.2, 0.25) is 9.84 Å². The highest BCUT2D eigenvalue weighted by Crippen LogP contribution is 2.56. The molecule has 0 amide bonds. The molecule has 4 aromatic carbocycles. The quantitative estimate of drug-likeness (QED) is 0.316. The van der Waals surface area contributed by atoms with Gasteiger partial charge in [-0.05, 0) is 54.4 Å². The van der Waals surface area contributed by atoms with Crippen molar-refractivity contribution in [3.05, 3.63) is 102 Å². The van der Waals surface area contributed by atoms with Gasteiger partial charge in [0.05, 0.1) is 38.2 Å². The van der Waals surface area contributed by atoms with E-state index >= 15 is 0 Å². The summed E-state index contributed by atoms with van der Waals surface area (Å²) in [6.45, 7) is 7.22. The summed E-state index contributed by atoms with van der Waals surface area (Å²) >= 11 is 0. The zero-order chi connectivity index (χ0) is 23.7. The molecule has 0 bridgehead atoms. The minimum atomic E-state index is -3.65. The van der Waals surface area contributed by atoms with Crippen molar-refractivity contribution in [2.24, 2.45) is 0 Å². The lowest BCUT2D eigenvalue weighted by Gasteiger charge is -2.44. The maximum Gasteiger partial charge on any atom is 0.210 e. The van der Waals surface area contributed by atoms with Crippen LogP contribution in [-0.2, 0) is 15.3 Å². The van der Waals surface area contributed by atoms with Crippen molar-refractivity contribution in [2.75, 3.05) is 16.3 Å². The molecule has 2 aliphatic heterocycles.